The van der Waals surface area contributed by atoms with E-state index in [2.05, 4.69) is 4.72 Å². The van der Waals surface area contributed by atoms with Gasteiger partial charge in [0.2, 0.25) is 5.75 Å². The van der Waals surface area contributed by atoms with Gasteiger partial charge in [-0.15, -0.1) is 0 Å². The van der Waals surface area contributed by atoms with Crippen LogP contribution in [0.4, 0.5) is 5.69 Å². The molecular formula is C26H29NO9S. The first-order valence-corrected chi connectivity index (χ1v) is 12.3. The Labute approximate surface area is 216 Å². The Morgan fingerprint density at radius 2 is 1.24 bits per heavy atom. The van der Waals surface area contributed by atoms with Gasteiger partial charge in [0, 0.05) is 17.7 Å². The van der Waals surface area contributed by atoms with Gasteiger partial charge in [-0.3, -0.25) is 4.72 Å². The van der Waals surface area contributed by atoms with Crippen LogP contribution in [0, 0.1) is 0 Å². The summed E-state index contributed by atoms with van der Waals surface area (Å²) in [6.07, 6.45) is 3.45. The number of phenolic OH excluding ortho intramolecular Hbond substituents is 1. The highest BCUT2D eigenvalue weighted by Gasteiger charge is 2.20. The van der Waals surface area contributed by atoms with E-state index < -0.39 is 10.0 Å². The minimum Gasteiger partial charge on any atom is -0.504 e. The van der Waals surface area contributed by atoms with E-state index >= 15 is 0 Å². The Bertz CT molecular complexity index is 1380. The topological polar surface area (TPSA) is 122 Å². The molecule has 0 aliphatic rings. The van der Waals surface area contributed by atoms with E-state index in [9.17, 15) is 13.5 Å². The number of methoxy groups -OCH3 is 6. The fourth-order valence-corrected chi connectivity index (χ4v) is 4.64. The molecule has 2 N–H and O–H groups in total. The molecule has 0 bridgehead atoms. The molecule has 0 radical (unpaired) electrons. The van der Waals surface area contributed by atoms with Crippen molar-refractivity contribution in [3.05, 3.63) is 53.6 Å². The maximum Gasteiger partial charge on any atom is 0.262 e. The molecule has 37 heavy (non-hydrogen) atoms. The van der Waals surface area contributed by atoms with Gasteiger partial charge in [-0.05, 0) is 35.9 Å². The van der Waals surface area contributed by atoms with Gasteiger partial charge in [0.1, 0.15) is 0 Å². The normalized spacial score (nSPS) is 11.2. The molecule has 0 amide bonds. The van der Waals surface area contributed by atoms with Crippen LogP contribution in [0.25, 0.3) is 12.2 Å². The van der Waals surface area contributed by atoms with E-state index in [-0.39, 0.29) is 22.1 Å². The predicted molar refractivity (Wildman–Crippen MR) is 140 cm³/mol. The van der Waals surface area contributed by atoms with E-state index in [1.807, 2.05) is 0 Å². The minimum absolute atomic E-state index is 0.152. The van der Waals surface area contributed by atoms with Gasteiger partial charge in [0.15, 0.2) is 34.5 Å². The summed E-state index contributed by atoms with van der Waals surface area (Å²) in [5.74, 6) is 1.95. The lowest BCUT2D eigenvalue weighted by Crippen LogP contribution is -2.14. The second-order valence-corrected chi connectivity index (χ2v) is 9.21. The van der Waals surface area contributed by atoms with Crippen molar-refractivity contribution in [2.45, 2.75) is 4.90 Å². The van der Waals surface area contributed by atoms with Crippen molar-refractivity contribution in [3.63, 3.8) is 0 Å². The standard InChI is InChI=1S/C26H29NO9S/c1-31-21-10-9-18(14-20(21)28)37(29,30)27-19-15-23(33-3)22(32-2)13-17(19)8-7-16-11-24(34-4)26(36-6)25(12-16)35-5/h7-15,27-28H,1-6H3. The largest absolute Gasteiger partial charge is 0.504 e. The van der Waals surface area contributed by atoms with Crippen LogP contribution < -0.4 is 33.1 Å². The van der Waals surface area contributed by atoms with Crippen molar-refractivity contribution in [3.8, 4) is 40.2 Å². The van der Waals surface area contributed by atoms with E-state index in [1.54, 1.807) is 30.4 Å². The third-order valence-electron chi connectivity index (χ3n) is 5.40. The van der Waals surface area contributed by atoms with Crippen molar-refractivity contribution in [2.24, 2.45) is 0 Å². The van der Waals surface area contributed by atoms with Crippen molar-refractivity contribution in [1.82, 2.24) is 0 Å². The summed E-state index contributed by atoms with van der Waals surface area (Å²) in [4.78, 5) is -0.153. The summed E-state index contributed by atoms with van der Waals surface area (Å²) in [6.45, 7) is 0. The first kappa shape index (κ1) is 27.3. The molecule has 0 aliphatic heterocycles. The van der Waals surface area contributed by atoms with Gasteiger partial charge in [0.05, 0.1) is 53.2 Å². The molecule has 0 spiro atoms. The first-order chi connectivity index (χ1) is 17.7. The minimum atomic E-state index is -4.09. The fraction of sp³-hybridized carbons (Fsp3) is 0.231. The van der Waals surface area contributed by atoms with Gasteiger partial charge in [0.25, 0.3) is 10.0 Å². The molecule has 0 saturated heterocycles. The lowest BCUT2D eigenvalue weighted by Gasteiger charge is -2.16. The van der Waals surface area contributed by atoms with Crippen LogP contribution in [0.2, 0.25) is 0 Å². The number of phenols is 1. The van der Waals surface area contributed by atoms with Crippen molar-refractivity contribution >= 4 is 27.9 Å². The van der Waals surface area contributed by atoms with Crippen LogP contribution in [0.1, 0.15) is 11.1 Å². The average molecular weight is 532 g/mol. The number of ether oxygens (including phenoxy) is 6. The Kier molecular flexibility index (Phi) is 8.61. The number of nitrogens with one attached hydrogen (secondary N) is 1. The van der Waals surface area contributed by atoms with Crippen molar-refractivity contribution < 1.29 is 41.9 Å². The number of sulfonamides is 1. The molecule has 0 saturated carbocycles. The molecule has 0 heterocycles. The maximum atomic E-state index is 13.2. The second kappa shape index (κ2) is 11.7. The number of anilines is 1. The summed E-state index contributed by atoms with van der Waals surface area (Å²) >= 11 is 0. The number of benzene rings is 3. The Morgan fingerprint density at radius 1 is 0.676 bits per heavy atom. The molecule has 10 nitrogen and oxygen atoms in total. The number of aromatic hydroxyl groups is 1. The molecule has 3 aromatic carbocycles. The van der Waals surface area contributed by atoms with E-state index in [4.69, 9.17) is 28.4 Å². The van der Waals surface area contributed by atoms with Crippen LogP contribution in [-0.2, 0) is 10.0 Å². The summed E-state index contributed by atoms with van der Waals surface area (Å²) < 4.78 is 60.8. The highest BCUT2D eigenvalue weighted by molar-refractivity contribution is 7.92. The Balaban J connectivity index is 2.08. The molecule has 3 rings (SSSR count). The van der Waals surface area contributed by atoms with Gasteiger partial charge in [-0.2, -0.15) is 0 Å². The van der Waals surface area contributed by atoms with Crippen LogP contribution in [0.15, 0.2) is 47.4 Å². The van der Waals surface area contributed by atoms with Gasteiger partial charge in [-0.25, -0.2) is 8.42 Å². The smallest absolute Gasteiger partial charge is 0.262 e. The fourth-order valence-electron chi connectivity index (χ4n) is 3.55. The zero-order chi connectivity index (χ0) is 27.2. The highest BCUT2D eigenvalue weighted by atomic mass is 32.2. The molecule has 11 heteroatoms. The molecule has 0 aromatic heterocycles. The first-order valence-electron chi connectivity index (χ1n) is 10.8. The van der Waals surface area contributed by atoms with Crippen LogP contribution >= 0.6 is 0 Å². The van der Waals surface area contributed by atoms with E-state index in [0.29, 0.717) is 39.9 Å². The van der Waals surface area contributed by atoms with Crippen LogP contribution in [-0.4, -0.2) is 56.2 Å². The average Bonchev–Trinajstić information content (AvgIpc) is 2.90. The highest BCUT2D eigenvalue weighted by Crippen LogP contribution is 2.40. The maximum absolute atomic E-state index is 13.2. The molecular weight excluding hydrogens is 502 g/mol. The van der Waals surface area contributed by atoms with Gasteiger partial charge in [-0.1, -0.05) is 12.2 Å². The van der Waals surface area contributed by atoms with Crippen LogP contribution in [0.3, 0.4) is 0 Å². The lowest BCUT2D eigenvalue weighted by atomic mass is 10.1. The number of rotatable bonds is 11. The second-order valence-electron chi connectivity index (χ2n) is 7.53. The quantitative estimate of drug-likeness (QED) is 0.346. The predicted octanol–water partition coefficient (Wildman–Crippen LogP) is 4.42. The Hall–Kier alpha value is -4.25. The third-order valence-corrected chi connectivity index (χ3v) is 6.77. The number of hydrogen-bond donors (Lipinski definition) is 2. The molecule has 0 fully saturated rings. The summed E-state index contributed by atoms with van der Waals surface area (Å²) in [5.41, 5.74) is 1.41. The molecule has 3 aromatic rings. The zero-order valence-electron chi connectivity index (χ0n) is 21.3. The third kappa shape index (κ3) is 5.95. The van der Waals surface area contributed by atoms with Gasteiger partial charge >= 0.3 is 0 Å². The summed E-state index contributed by atoms with van der Waals surface area (Å²) in [5, 5.41) is 10.1. The summed E-state index contributed by atoms with van der Waals surface area (Å²) in [7, 11) is 4.76. The summed E-state index contributed by atoms with van der Waals surface area (Å²) in [6, 6.07) is 10.4. The Morgan fingerprint density at radius 3 is 1.76 bits per heavy atom. The van der Waals surface area contributed by atoms with Crippen molar-refractivity contribution in [2.75, 3.05) is 47.4 Å². The monoisotopic (exact) mass is 531 g/mol. The number of hydrogen-bond acceptors (Lipinski definition) is 9. The zero-order valence-corrected chi connectivity index (χ0v) is 22.1. The van der Waals surface area contributed by atoms with Crippen molar-refractivity contribution in [1.29, 1.82) is 0 Å². The molecule has 0 atom stereocenters. The SMILES string of the molecule is COc1ccc(S(=O)(=O)Nc2cc(OC)c(OC)cc2C=Cc2cc(OC)c(OC)c(OC)c2)cc1O. The van der Waals surface area contributed by atoms with E-state index in [1.165, 1.54) is 60.9 Å². The molecule has 0 unspecified atom stereocenters. The molecule has 0 aliphatic carbocycles. The van der Waals surface area contributed by atoms with Gasteiger partial charge < -0.3 is 33.5 Å². The van der Waals surface area contributed by atoms with E-state index in [0.717, 1.165) is 6.07 Å². The lowest BCUT2D eigenvalue weighted by molar-refractivity contribution is 0.324. The van der Waals surface area contributed by atoms with Crippen LogP contribution in [0.5, 0.6) is 40.2 Å². The molecule has 198 valence electrons.